The Morgan fingerprint density at radius 2 is 2.14 bits per heavy atom. The van der Waals surface area contributed by atoms with Crippen LogP contribution in [-0.2, 0) is 16.4 Å². The fourth-order valence-corrected chi connectivity index (χ4v) is 4.67. The van der Waals surface area contributed by atoms with Crippen LogP contribution in [0.1, 0.15) is 35.7 Å². The monoisotopic (exact) mass is 326 g/mol. The second-order valence-corrected chi connectivity index (χ2v) is 8.12. The standard InChI is InChI=1S/C15H19FN2O3S/c1-15(16)6-2-8-18(10-15)22(20,21)12-4-3-11-5-7-17-14(19)13(11)9-12/h3-4,9H,2,5-8,10H2,1H3,(H,17,19). The predicted octanol–water partition coefficient (Wildman–Crippen LogP) is 1.49. The van der Waals surface area contributed by atoms with E-state index < -0.39 is 15.7 Å². The number of piperidine rings is 1. The van der Waals surface area contributed by atoms with Gasteiger partial charge in [0.2, 0.25) is 10.0 Å². The molecule has 1 aromatic rings. The Morgan fingerprint density at radius 3 is 2.86 bits per heavy atom. The summed E-state index contributed by atoms with van der Waals surface area (Å²) < 4.78 is 40.7. The summed E-state index contributed by atoms with van der Waals surface area (Å²) >= 11 is 0. The molecule has 22 heavy (non-hydrogen) atoms. The van der Waals surface area contributed by atoms with Crippen LogP contribution in [0.4, 0.5) is 4.39 Å². The molecule has 1 amide bonds. The smallest absolute Gasteiger partial charge is 0.251 e. The number of amides is 1. The normalized spacial score (nSPS) is 26.4. The average Bonchev–Trinajstić information content (AvgIpc) is 2.46. The lowest BCUT2D eigenvalue weighted by Crippen LogP contribution is -2.46. The zero-order valence-electron chi connectivity index (χ0n) is 12.4. The predicted molar refractivity (Wildman–Crippen MR) is 80.0 cm³/mol. The zero-order chi connectivity index (χ0) is 16.0. The Labute approximate surface area is 129 Å². The highest BCUT2D eigenvalue weighted by molar-refractivity contribution is 7.89. The lowest BCUT2D eigenvalue weighted by Gasteiger charge is -2.34. The Balaban J connectivity index is 1.96. The SMILES string of the molecule is CC1(F)CCCN(S(=O)(=O)c2ccc3c(c2)C(=O)NCC3)C1. The van der Waals surface area contributed by atoms with Crippen molar-refractivity contribution < 1.29 is 17.6 Å². The number of nitrogens with one attached hydrogen (secondary N) is 1. The molecule has 1 saturated heterocycles. The van der Waals surface area contributed by atoms with Gasteiger partial charge in [-0.1, -0.05) is 6.07 Å². The van der Waals surface area contributed by atoms with Crippen molar-refractivity contribution in [2.75, 3.05) is 19.6 Å². The first-order valence-electron chi connectivity index (χ1n) is 7.40. The van der Waals surface area contributed by atoms with E-state index in [1.807, 2.05) is 0 Å². The van der Waals surface area contributed by atoms with Gasteiger partial charge < -0.3 is 5.32 Å². The number of hydrogen-bond donors (Lipinski definition) is 1. The van der Waals surface area contributed by atoms with Crippen LogP contribution >= 0.6 is 0 Å². The van der Waals surface area contributed by atoms with Crippen molar-refractivity contribution in [2.45, 2.75) is 36.8 Å². The molecule has 0 spiro atoms. The molecule has 2 heterocycles. The molecule has 2 aliphatic heterocycles. The molecular formula is C15H19FN2O3S. The Kier molecular flexibility index (Phi) is 3.72. The topological polar surface area (TPSA) is 66.5 Å². The van der Waals surface area contributed by atoms with Gasteiger partial charge in [0, 0.05) is 25.2 Å². The molecule has 2 aliphatic rings. The van der Waals surface area contributed by atoms with E-state index in [-0.39, 0.29) is 17.3 Å². The van der Waals surface area contributed by atoms with Crippen LogP contribution in [0.2, 0.25) is 0 Å². The number of sulfonamides is 1. The summed E-state index contributed by atoms with van der Waals surface area (Å²) in [6, 6.07) is 4.60. The van der Waals surface area contributed by atoms with E-state index in [0.29, 0.717) is 37.9 Å². The van der Waals surface area contributed by atoms with Crippen molar-refractivity contribution in [3.8, 4) is 0 Å². The van der Waals surface area contributed by atoms with Crippen LogP contribution in [0.5, 0.6) is 0 Å². The van der Waals surface area contributed by atoms with Gasteiger partial charge in [0.15, 0.2) is 0 Å². The summed E-state index contributed by atoms with van der Waals surface area (Å²) in [5, 5.41) is 2.70. The second kappa shape index (κ2) is 5.31. The summed E-state index contributed by atoms with van der Waals surface area (Å²) in [5.41, 5.74) is -0.263. The van der Waals surface area contributed by atoms with Crippen molar-refractivity contribution in [3.05, 3.63) is 29.3 Å². The molecule has 1 aromatic carbocycles. The van der Waals surface area contributed by atoms with E-state index in [4.69, 9.17) is 0 Å². The summed E-state index contributed by atoms with van der Waals surface area (Å²) in [5.74, 6) is -0.257. The van der Waals surface area contributed by atoms with Crippen molar-refractivity contribution in [1.29, 1.82) is 0 Å². The lowest BCUT2D eigenvalue weighted by molar-refractivity contribution is 0.0945. The number of benzene rings is 1. The van der Waals surface area contributed by atoms with Crippen molar-refractivity contribution >= 4 is 15.9 Å². The van der Waals surface area contributed by atoms with E-state index in [1.165, 1.54) is 23.4 Å². The zero-order valence-corrected chi connectivity index (χ0v) is 13.2. The first-order valence-corrected chi connectivity index (χ1v) is 8.84. The maximum atomic E-state index is 14.1. The number of halogens is 1. The van der Waals surface area contributed by atoms with Gasteiger partial charge in [-0.2, -0.15) is 4.31 Å². The molecule has 0 aromatic heterocycles. The van der Waals surface area contributed by atoms with Crippen LogP contribution < -0.4 is 5.32 Å². The third-order valence-corrected chi connectivity index (χ3v) is 6.10. The fourth-order valence-electron chi connectivity index (χ4n) is 3.06. The van der Waals surface area contributed by atoms with Crippen LogP contribution in [0.15, 0.2) is 23.1 Å². The lowest BCUT2D eigenvalue weighted by atomic mass is 9.99. The molecule has 0 bridgehead atoms. The Morgan fingerprint density at radius 1 is 1.36 bits per heavy atom. The average molecular weight is 326 g/mol. The minimum absolute atomic E-state index is 0.0565. The quantitative estimate of drug-likeness (QED) is 0.895. The van der Waals surface area contributed by atoms with E-state index in [0.717, 1.165) is 5.56 Å². The molecule has 1 atom stereocenters. The van der Waals surface area contributed by atoms with Gasteiger partial charge in [-0.05, 0) is 43.9 Å². The molecule has 5 nitrogen and oxygen atoms in total. The van der Waals surface area contributed by atoms with Gasteiger partial charge in [-0.3, -0.25) is 4.79 Å². The van der Waals surface area contributed by atoms with Gasteiger partial charge in [0.1, 0.15) is 5.67 Å². The summed E-state index contributed by atoms with van der Waals surface area (Å²) in [4.78, 5) is 11.9. The number of hydrogen-bond acceptors (Lipinski definition) is 3. The molecule has 120 valence electrons. The fraction of sp³-hybridized carbons (Fsp3) is 0.533. The molecular weight excluding hydrogens is 307 g/mol. The molecule has 0 radical (unpaired) electrons. The molecule has 7 heteroatoms. The molecule has 0 saturated carbocycles. The highest BCUT2D eigenvalue weighted by Crippen LogP contribution is 2.29. The van der Waals surface area contributed by atoms with E-state index in [1.54, 1.807) is 6.07 Å². The minimum atomic E-state index is -3.78. The van der Waals surface area contributed by atoms with Gasteiger partial charge in [-0.15, -0.1) is 0 Å². The third-order valence-electron chi connectivity index (χ3n) is 4.26. The Hall–Kier alpha value is -1.47. The van der Waals surface area contributed by atoms with Crippen LogP contribution in [-0.4, -0.2) is 43.9 Å². The highest BCUT2D eigenvalue weighted by Gasteiger charge is 2.37. The molecule has 0 aliphatic carbocycles. The first kappa shape index (κ1) is 15.4. The van der Waals surface area contributed by atoms with Crippen LogP contribution in [0.3, 0.4) is 0 Å². The second-order valence-electron chi connectivity index (χ2n) is 6.18. The maximum absolute atomic E-state index is 14.1. The third kappa shape index (κ3) is 2.75. The van der Waals surface area contributed by atoms with E-state index in [9.17, 15) is 17.6 Å². The number of alkyl halides is 1. The summed E-state index contributed by atoms with van der Waals surface area (Å²) in [6.07, 6.45) is 1.55. The summed E-state index contributed by atoms with van der Waals surface area (Å²) in [7, 11) is -3.78. The molecule has 1 fully saturated rings. The maximum Gasteiger partial charge on any atom is 0.251 e. The van der Waals surface area contributed by atoms with E-state index in [2.05, 4.69) is 5.32 Å². The summed E-state index contributed by atoms with van der Waals surface area (Å²) in [6.45, 7) is 2.16. The number of carbonyl (C=O) groups excluding carboxylic acids is 1. The van der Waals surface area contributed by atoms with Crippen molar-refractivity contribution in [1.82, 2.24) is 9.62 Å². The van der Waals surface area contributed by atoms with Crippen LogP contribution in [0.25, 0.3) is 0 Å². The van der Waals surface area contributed by atoms with Gasteiger partial charge in [0.05, 0.1) is 4.90 Å². The highest BCUT2D eigenvalue weighted by atomic mass is 32.2. The van der Waals surface area contributed by atoms with Crippen LogP contribution in [0, 0.1) is 0 Å². The van der Waals surface area contributed by atoms with Gasteiger partial charge in [-0.25, -0.2) is 12.8 Å². The number of nitrogens with zero attached hydrogens (tertiary/aromatic N) is 1. The van der Waals surface area contributed by atoms with E-state index >= 15 is 0 Å². The number of rotatable bonds is 2. The molecule has 1 N–H and O–H groups in total. The molecule has 3 rings (SSSR count). The minimum Gasteiger partial charge on any atom is -0.352 e. The van der Waals surface area contributed by atoms with Gasteiger partial charge >= 0.3 is 0 Å². The largest absolute Gasteiger partial charge is 0.352 e. The molecule has 1 unspecified atom stereocenters. The van der Waals surface area contributed by atoms with Crippen molar-refractivity contribution in [3.63, 3.8) is 0 Å². The van der Waals surface area contributed by atoms with Gasteiger partial charge in [0.25, 0.3) is 5.91 Å². The first-order chi connectivity index (χ1) is 10.3. The Bertz CT molecular complexity index is 715. The van der Waals surface area contributed by atoms with Crippen molar-refractivity contribution in [2.24, 2.45) is 0 Å². The number of fused-ring (bicyclic) bond motifs is 1. The number of carbonyl (C=O) groups is 1.